The van der Waals surface area contributed by atoms with Crippen LogP contribution in [0, 0.1) is 6.92 Å². The van der Waals surface area contributed by atoms with E-state index in [0.29, 0.717) is 18.5 Å². The molecule has 0 atom stereocenters. The third-order valence-electron chi connectivity index (χ3n) is 10.0. The van der Waals surface area contributed by atoms with Crippen molar-refractivity contribution in [2.24, 2.45) is 0 Å². The lowest BCUT2D eigenvalue weighted by molar-refractivity contribution is 0.0434. The molecule has 43 heavy (non-hydrogen) atoms. The van der Waals surface area contributed by atoms with Gasteiger partial charge in [0.15, 0.2) is 5.78 Å². The van der Waals surface area contributed by atoms with Crippen LogP contribution in [0.25, 0.3) is 0 Å². The van der Waals surface area contributed by atoms with Crippen LogP contribution in [0.2, 0.25) is 0 Å². The fourth-order valence-electron chi connectivity index (χ4n) is 6.32. The Morgan fingerprint density at radius 1 is 0.628 bits per heavy atom. The molecule has 0 saturated heterocycles. The van der Waals surface area contributed by atoms with E-state index in [1.165, 1.54) is 46.9 Å². The monoisotopic (exact) mass is 578 g/mol. The summed E-state index contributed by atoms with van der Waals surface area (Å²) in [5, 5.41) is 0. The maximum atomic E-state index is 13.6. The number of aryl methyl sites for hydroxylation is 1. The van der Waals surface area contributed by atoms with E-state index in [0.717, 1.165) is 23.3 Å². The maximum Gasteiger partial charge on any atom is 0.266 e. The molecule has 5 rings (SSSR count). The molecular formula is C36H38N2O5. The van der Waals surface area contributed by atoms with Gasteiger partial charge in [0, 0.05) is 16.7 Å². The number of benzene rings is 3. The van der Waals surface area contributed by atoms with E-state index >= 15 is 0 Å². The van der Waals surface area contributed by atoms with Crippen LogP contribution in [0.15, 0.2) is 54.6 Å². The summed E-state index contributed by atoms with van der Waals surface area (Å²) in [5.41, 5.74) is 3.39. The largest absolute Gasteiger partial charge is 0.289 e. The van der Waals surface area contributed by atoms with Gasteiger partial charge in [-0.3, -0.25) is 28.9 Å². The molecule has 0 aromatic heterocycles. The summed E-state index contributed by atoms with van der Waals surface area (Å²) in [5.74, 6) is -2.10. The van der Waals surface area contributed by atoms with Crippen LogP contribution in [0.4, 0.5) is 5.69 Å². The normalized spacial score (nSPS) is 15.0. The molecule has 0 fully saturated rings. The van der Waals surface area contributed by atoms with E-state index in [4.69, 9.17) is 0 Å². The number of carbonyl (C=O) groups is 5. The van der Waals surface area contributed by atoms with Crippen molar-refractivity contribution in [2.75, 3.05) is 4.90 Å². The van der Waals surface area contributed by atoms with E-state index in [1.54, 1.807) is 0 Å². The zero-order chi connectivity index (χ0) is 31.4. The Hall–Kier alpha value is -4.39. The molecule has 0 radical (unpaired) electrons. The van der Waals surface area contributed by atoms with Crippen LogP contribution in [-0.2, 0) is 5.41 Å². The molecule has 0 aliphatic carbocycles. The molecule has 0 unspecified atom stereocenters. The molecule has 222 valence electrons. The van der Waals surface area contributed by atoms with E-state index in [9.17, 15) is 24.0 Å². The number of nitrogens with zero attached hydrogens (tertiary/aromatic N) is 2. The summed E-state index contributed by atoms with van der Waals surface area (Å²) in [6, 6.07) is 14.7. The Morgan fingerprint density at radius 2 is 1.12 bits per heavy atom. The molecule has 7 nitrogen and oxygen atoms in total. The number of hydrogen-bond acceptors (Lipinski definition) is 5. The van der Waals surface area contributed by atoms with E-state index in [1.807, 2.05) is 45.9 Å². The zero-order valence-corrected chi connectivity index (χ0v) is 26.0. The van der Waals surface area contributed by atoms with Crippen molar-refractivity contribution in [1.82, 2.24) is 4.90 Å². The Labute approximate surface area is 252 Å². The van der Waals surface area contributed by atoms with Crippen molar-refractivity contribution < 1.29 is 24.0 Å². The minimum atomic E-state index is -0.624. The Balaban J connectivity index is 1.45. The van der Waals surface area contributed by atoms with Crippen LogP contribution in [0.1, 0.15) is 136 Å². The lowest BCUT2D eigenvalue weighted by Crippen LogP contribution is -2.48. The van der Waals surface area contributed by atoms with Gasteiger partial charge in [0.2, 0.25) is 0 Å². The SMILES string of the molecule is CCC(C)(CC)c1ccc(N2C(=O)c3ccc(C(=O)c4ccc5c(c4)C(=O)N(C(C)(CC)CC)C5=O)cc3C2=O)cc1C. The van der Waals surface area contributed by atoms with Gasteiger partial charge in [0.25, 0.3) is 23.6 Å². The van der Waals surface area contributed by atoms with Crippen molar-refractivity contribution in [2.45, 2.75) is 85.1 Å². The van der Waals surface area contributed by atoms with Gasteiger partial charge in [-0.1, -0.05) is 52.8 Å². The lowest BCUT2D eigenvalue weighted by atomic mass is 9.76. The minimum Gasteiger partial charge on any atom is -0.289 e. The van der Waals surface area contributed by atoms with E-state index in [2.05, 4.69) is 20.8 Å². The highest BCUT2D eigenvalue weighted by atomic mass is 16.2. The second kappa shape index (κ2) is 10.7. The summed E-state index contributed by atoms with van der Waals surface area (Å²) in [7, 11) is 0. The summed E-state index contributed by atoms with van der Waals surface area (Å²) in [6.45, 7) is 14.3. The number of anilines is 1. The molecule has 2 aliphatic heterocycles. The second-order valence-corrected chi connectivity index (χ2v) is 12.2. The van der Waals surface area contributed by atoms with Gasteiger partial charge in [0.05, 0.1) is 27.9 Å². The Bertz CT molecular complexity index is 1710. The first-order valence-electron chi connectivity index (χ1n) is 15.1. The van der Waals surface area contributed by atoms with Crippen LogP contribution < -0.4 is 4.90 Å². The van der Waals surface area contributed by atoms with Crippen LogP contribution >= 0.6 is 0 Å². The number of carbonyl (C=O) groups excluding carboxylic acids is 5. The van der Waals surface area contributed by atoms with Gasteiger partial charge in [0.1, 0.15) is 0 Å². The maximum absolute atomic E-state index is 13.6. The predicted molar refractivity (Wildman–Crippen MR) is 166 cm³/mol. The van der Waals surface area contributed by atoms with Crippen LogP contribution in [-0.4, -0.2) is 39.9 Å². The summed E-state index contributed by atoms with van der Waals surface area (Å²) < 4.78 is 0. The average Bonchev–Trinajstić information content (AvgIpc) is 3.43. The number of imide groups is 2. The summed E-state index contributed by atoms with van der Waals surface area (Å²) >= 11 is 0. The molecule has 2 heterocycles. The molecule has 0 spiro atoms. The molecule has 0 N–H and O–H groups in total. The van der Waals surface area contributed by atoms with Crippen molar-refractivity contribution in [3.63, 3.8) is 0 Å². The standard InChI is InChI=1S/C36H38N2O5/c1-8-35(6,9-2)29-17-14-24(18-21(29)5)37-31(40)25-15-12-22(19-27(25)32(37)41)30(39)23-13-16-26-28(20-23)34(43)38(33(26)42)36(7,10-3)11-4/h12-20H,8-11H2,1-7H3. The molecule has 0 saturated carbocycles. The number of ketones is 1. The van der Waals surface area contributed by atoms with E-state index in [-0.39, 0.29) is 44.7 Å². The predicted octanol–water partition coefficient (Wildman–Crippen LogP) is 7.28. The van der Waals surface area contributed by atoms with Crippen molar-refractivity contribution in [3.8, 4) is 0 Å². The highest BCUT2D eigenvalue weighted by Crippen LogP contribution is 2.37. The minimum absolute atomic E-state index is 0.000715. The first-order valence-corrected chi connectivity index (χ1v) is 15.1. The number of amides is 4. The van der Waals surface area contributed by atoms with Crippen LogP contribution in [0.5, 0.6) is 0 Å². The third-order valence-corrected chi connectivity index (χ3v) is 10.0. The van der Waals surface area contributed by atoms with Gasteiger partial charge in [-0.2, -0.15) is 0 Å². The zero-order valence-electron chi connectivity index (χ0n) is 26.0. The van der Waals surface area contributed by atoms with Gasteiger partial charge in [-0.05, 0) is 92.5 Å². The highest BCUT2D eigenvalue weighted by Gasteiger charge is 2.45. The smallest absolute Gasteiger partial charge is 0.266 e. The molecule has 0 bridgehead atoms. The van der Waals surface area contributed by atoms with Crippen LogP contribution in [0.3, 0.4) is 0 Å². The quantitative estimate of drug-likeness (QED) is 0.197. The molecule has 7 heteroatoms. The fraction of sp³-hybridized carbons (Fsp3) is 0.361. The summed E-state index contributed by atoms with van der Waals surface area (Å²) in [6.07, 6.45) is 3.16. The van der Waals surface area contributed by atoms with Gasteiger partial charge in [-0.15, -0.1) is 0 Å². The second-order valence-electron chi connectivity index (χ2n) is 12.2. The van der Waals surface area contributed by atoms with Crippen molar-refractivity contribution in [3.05, 3.63) is 99.1 Å². The number of fused-ring (bicyclic) bond motifs is 2. The molecular weight excluding hydrogens is 540 g/mol. The molecule has 2 aliphatic rings. The number of rotatable bonds is 9. The third kappa shape index (κ3) is 4.53. The van der Waals surface area contributed by atoms with Crippen molar-refractivity contribution in [1.29, 1.82) is 0 Å². The first-order chi connectivity index (χ1) is 20.3. The number of hydrogen-bond donors (Lipinski definition) is 0. The Kier molecular flexibility index (Phi) is 7.49. The fourth-order valence-corrected chi connectivity index (χ4v) is 6.32. The van der Waals surface area contributed by atoms with Crippen molar-refractivity contribution >= 4 is 35.1 Å². The lowest BCUT2D eigenvalue weighted by Gasteiger charge is -2.35. The molecule has 3 aromatic rings. The topological polar surface area (TPSA) is 91.8 Å². The average molecular weight is 579 g/mol. The molecule has 4 amide bonds. The van der Waals surface area contributed by atoms with E-state index < -0.39 is 29.0 Å². The Morgan fingerprint density at radius 3 is 1.63 bits per heavy atom. The van der Waals surface area contributed by atoms with Gasteiger partial charge < -0.3 is 0 Å². The first kappa shape index (κ1) is 30.1. The highest BCUT2D eigenvalue weighted by molar-refractivity contribution is 6.35. The molecule has 3 aromatic carbocycles. The van der Waals surface area contributed by atoms with Gasteiger partial charge in [-0.25, -0.2) is 4.90 Å². The summed E-state index contributed by atoms with van der Waals surface area (Å²) in [4.78, 5) is 69.4. The van der Waals surface area contributed by atoms with Gasteiger partial charge >= 0.3 is 0 Å².